The Morgan fingerprint density at radius 3 is 2.76 bits per heavy atom. The van der Waals surface area contributed by atoms with E-state index in [-0.39, 0.29) is 0 Å². The number of H-pyrrole nitrogens is 1. The van der Waals surface area contributed by atoms with Crippen LogP contribution in [0.15, 0.2) is 24.3 Å². The lowest BCUT2D eigenvalue weighted by atomic mass is 10.1. The van der Waals surface area contributed by atoms with Gasteiger partial charge in [0.1, 0.15) is 11.3 Å². The summed E-state index contributed by atoms with van der Waals surface area (Å²) in [6, 6.07) is 7.22. The lowest BCUT2D eigenvalue weighted by molar-refractivity contribution is 0.0601. The Hall–Kier alpha value is -1.81. The predicted octanol–water partition coefficient (Wildman–Crippen LogP) is 2.83. The predicted molar refractivity (Wildman–Crippen MR) is 65.1 cm³/mol. The molecule has 0 atom stereocenters. The standard InChI is InChI=1S/C12H11ClN2O2/c1-7-10(12(16)17-2)11(15-14-7)8-5-3-4-6-9(8)13/h3-6H,1-2H3,(H,14,15). The van der Waals surface area contributed by atoms with Crippen molar-refractivity contribution in [3.8, 4) is 11.3 Å². The lowest BCUT2D eigenvalue weighted by Gasteiger charge is -2.03. The van der Waals surface area contributed by atoms with Gasteiger partial charge in [-0.3, -0.25) is 5.10 Å². The normalized spacial score (nSPS) is 10.3. The fourth-order valence-electron chi connectivity index (χ4n) is 1.63. The van der Waals surface area contributed by atoms with Gasteiger partial charge in [-0.25, -0.2) is 4.79 Å². The first-order chi connectivity index (χ1) is 8.15. The summed E-state index contributed by atoms with van der Waals surface area (Å²) in [6.45, 7) is 1.76. The number of esters is 1. The molecule has 17 heavy (non-hydrogen) atoms. The highest BCUT2D eigenvalue weighted by atomic mass is 35.5. The molecule has 0 amide bonds. The maximum Gasteiger partial charge on any atom is 0.341 e. The van der Waals surface area contributed by atoms with Gasteiger partial charge in [-0.15, -0.1) is 0 Å². The van der Waals surface area contributed by atoms with Gasteiger partial charge in [-0.2, -0.15) is 5.10 Å². The van der Waals surface area contributed by atoms with Crippen LogP contribution in [0.1, 0.15) is 16.1 Å². The Labute approximate surface area is 104 Å². The van der Waals surface area contributed by atoms with Gasteiger partial charge >= 0.3 is 5.97 Å². The Morgan fingerprint density at radius 2 is 2.12 bits per heavy atom. The molecule has 0 bridgehead atoms. The van der Waals surface area contributed by atoms with Crippen molar-refractivity contribution in [1.82, 2.24) is 10.2 Å². The SMILES string of the molecule is COC(=O)c1c(-c2ccccc2Cl)n[nH]c1C. The molecule has 0 spiro atoms. The molecule has 0 saturated carbocycles. The molecule has 1 N–H and O–H groups in total. The van der Waals surface area contributed by atoms with Gasteiger partial charge in [-0.1, -0.05) is 29.8 Å². The highest BCUT2D eigenvalue weighted by Gasteiger charge is 2.21. The molecule has 0 aliphatic heterocycles. The molecule has 5 heteroatoms. The number of aryl methyl sites for hydroxylation is 1. The molecule has 1 aromatic carbocycles. The van der Waals surface area contributed by atoms with Gasteiger partial charge in [0.25, 0.3) is 0 Å². The molecular formula is C12H11ClN2O2. The lowest BCUT2D eigenvalue weighted by Crippen LogP contribution is -2.03. The van der Waals surface area contributed by atoms with Crippen molar-refractivity contribution in [2.24, 2.45) is 0 Å². The average Bonchev–Trinajstić information content (AvgIpc) is 2.71. The molecular weight excluding hydrogens is 240 g/mol. The van der Waals surface area contributed by atoms with Crippen molar-refractivity contribution < 1.29 is 9.53 Å². The number of aromatic nitrogens is 2. The van der Waals surface area contributed by atoms with Crippen LogP contribution in [0.25, 0.3) is 11.3 Å². The molecule has 88 valence electrons. The third-order valence-electron chi connectivity index (χ3n) is 2.47. The minimum Gasteiger partial charge on any atom is -0.465 e. The number of nitrogens with zero attached hydrogens (tertiary/aromatic N) is 1. The molecule has 0 aliphatic rings. The number of hydrogen-bond acceptors (Lipinski definition) is 3. The zero-order valence-electron chi connectivity index (χ0n) is 9.45. The van der Waals surface area contributed by atoms with E-state index >= 15 is 0 Å². The van der Waals surface area contributed by atoms with Crippen LogP contribution in [-0.2, 0) is 4.74 Å². The summed E-state index contributed by atoms with van der Waals surface area (Å²) < 4.78 is 4.74. The number of halogens is 1. The number of aromatic amines is 1. The second-order valence-corrected chi connectivity index (χ2v) is 3.95. The maximum absolute atomic E-state index is 11.7. The highest BCUT2D eigenvalue weighted by Crippen LogP contribution is 2.30. The van der Waals surface area contributed by atoms with Crippen molar-refractivity contribution >= 4 is 17.6 Å². The van der Waals surface area contributed by atoms with Crippen LogP contribution in [-0.4, -0.2) is 23.3 Å². The zero-order valence-corrected chi connectivity index (χ0v) is 10.2. The second-order valence-electron chi connectivity index (χ2n) is 3.54. The molecule has 0 aliphatic carbocycles. The molecule has 1 heterocycles. The fraction of sp³-hybridized carbons (Fsp3) is 0.167. The van der Waals surface area contributed by atoms with Crippen LogP contribution in [0.4, 0.5) is 0 Å². The number of methoxy groups -OCH3 is 1. The van der Waals surface area contributed by atoms with E-state index in [2.05, 4.69) is 10.2 Å². The topological polar surface area (TPSA) is 55.0 Å². The van der Waals surface area contributed by atoms with Crippen molar-refractivity contribution in [2.45, 2.75) is 6.92 Å². The summed E-state index contributed by atoms with van der Waals surface area (Å²) in [5.41, 5.74) is 2.30. The van der Waals surface area contributed by atoms with E-state index in [1.165, 1.54) is 7.11 Å². The van der Waals surface area contributed by atoms with E-state index in [9.17, 15) is 4.79 Å². The number of carbonyl (C=O) groups excluding carboxylic acids is 1. The van der Waals surface area contributed by atoms with Gasteiger partial charge < -0.3 is 4.74 Å². The van der Waals surface area contributed by atoms with Crippen LogP contribution in [0, 0.1) is 6.92 Å². The average molecular weight is 251 g/mol. The van der Waals surface area contributed by atoms with E-state index in [1.54, 1.807) is 13.0 Å². The number of hydrogen-bond donors (Lipinski definition) is 1. The van der Waals surface area contributed by atoms with Crippen LogP contribution >= 0.6 is 11.6 Å². The Morgan fingerprint density at radius 1 is 1.41 bits per heavy atom. The number of rotatable bonds is 2. The maximum atomic E-state index is 11.7. The molecule has 2 rings (SSSR count). The summed E-state index contributed by atoms with van der Waals surface area (Å²) in [6.07, 6.45) is 0. The fourth-order valence-corrected chi connectivity index (χ4v) is 1.85. The van der Waals surface area contributed by atoms with Crippen LogP contribution in [0.5, 0.6) is 0 Å². The smallest absolute Gasteiger partial charge is 0.341 e. The Balaban J connectivity index is 2.61. The third kappa shape index (κ3) is 2.03. The number of carbonyl (C=O) groups is 1. The third-order valence-corrected chi connectivity index (χ3v) is 2.80. The molecule has 2 aromatic rings. The molecule has 0 radical (unpaired) electrons. The molecule has 0 saturated heterocycles. The first-order valence-corrected chi connectivity index (χ1v) is 5.41. The van der Waals surface area contributed by atoms with E-state index in [1.807, 2.05) is 18.2 Å². The summed E-state index contributed by atoms with van der Waals surface area (Å²) in [4.78, 5) is 11.7. The van der Waals surface area contributed by atoms with Gasteiger partial charge in [0.2, 0.25) is 0 Å². The van der Waals surface area contributed by atoms with Gasteiger partial charge in [0, 0.05) is 11.3 Å². The molecule has 1 aromatic heterocycles. The Kier molecular flexibility index (Phi) is 3.15. The number of benzene rings is 1. The summed E-state index contributed by atoms with van der Waals surface area (Å²) in [5.74, 6) is -0.425. The first-order valence-electron chi connectivity index (χ1n) is 5.03. The van der Waals surface area contributed by atoms with Gasteiger partial charge in [0.05, 0.1) is 12.1 Å². The largest absolute Gasteiger partial charge is 0.465 e. The van der Waals surface area contributed by atoms with Crippen molar-refractivity contribution in [2.75, 3.05) is 7.11 Å². The van der Waals surface area contributed by atoms with Crippen LogP contribution in [0.3, 0.4) is 0 Å². The van der Waals surface area contributed by atoms with E-state index in [4.69, 9.17) is 16.3 Å². The first kappa shape index (κ1) is 11.7. The molecule has 4 nitrogen and oxygen atoms in total. The van der Waals surface area contributed by atoms with Crippen LogP contribution in [0.2, 0.25) is 5.02 Å². The molecule has 0 unspecified atom stereocenters. The minimum absolute atomic E-state index is 0.417. The highest BCUT2D eigenvalue weighted by molar-refractivity contribution is 6.33. The molecule has 0 fully saturated rings. The van der Waals surface area contributed by atoms with Crippen molar-refractivity contribution in [3.05, 3.63) is 40.5 Å². The summed E-state index contributed by atoms with van der Waals surface area (Å²) in [7, 11) is 1.34. The zero-order chi connectivity index (χ0) is 12.4. The van der Waals surface area contributed by atoms with Crippen molar-refractivity contribution in [3.63, 3.8) is 0 Å². The van der Waals surface area contributed by atoms with E-state index in [0.717, 1.165) is 0 Å². The summed E-state index contributed by atoms with van der Waals surface area (Å²) >= 11 is 6.08. The van der Waals surface area contributed by atoms with E-state index in [0.29, 0.717) is 27.5 Å². The Bertz CT molecular complexity index is 563. The second kappa shape index (κ2) is 4.59. The van der Waals surface area contributed by atoms with Gasteiger partial charge in [-0.05, 0) is 13.0 Å². The monoisotopic (exact) mass is 250 g/mol. The summed E-state index contributed by atoms with van der Waals surface area (Å²) in [5, 5.41) is 7.42. The van der Waals surface area contributed by atoms with Gasteiger partial charge in [0.15, 0.2) is 0 Å². The minimum atomic E-state index is -0.425. The quantitative estimate of drug-likeness (QED) is 0.834. The number of ether oxygens (including phenoxy) is 1. The van der Waals surface area contributed by atoms with E-state index < -0.39 is 5.97 Å². The van der Waals surface area contributed by atoms with Crippen LogP contribution < -0.4 is 0 Å². The van der Waals surface area contributed by atoms with Crippen molar-refractivity contribution in [1.29, 1.82) is 0 Å². The number of nitrogens with one attached hydrogen (secondary N) is 1.